The average molecular weight is 576 g/mol. The molecule has 0 spiro atoms. The third kappa shape index (κ3) is 8.68. The van der Waals surface area contributed by atoms with E-state index >= 15 is 0 Å². The van der Waals surface area contributed by atoms with Gasteiger partial charge in [0, 0.05) is 81.4 Å². The Labute approximate surface area is 224 Å². The first kappa shape index (κ1) is 26.7. The number of hydrogen-bond donors (Lipinski definition) is 0. The van der Waals surface area contributed by atoms with Gasteiger partial charge in [0.25, 0.3) is 0 Å². The summed E-state index contributed by atoms with van der Waals surface area (Å²) in [6.07, 6.45) is 19.7. The van der Waals surface area contributed by atoms with E-state index in [0.717, 1.165) is 11.4 Å². The van der Waals surface area contributed by atoms with Gasteiger partial charge >= 0.3 is 0 Å². The van der Waals surface area contributed by atoms with Gasteiger partial charge in [-0.1, -0.05) is 0 Å². The maximum atomic E-state index is 4.05. The molecule has 6 rings (SSSR count). The third-order valence-electron chi connectivity index (χ3n) is 4.09. The molecule has 37 heavy (non-hydrogen) atoms. The number of nitrogens with zero attached hydrogens (tertiary/aromatic N) is 12. The van der Waals surface area contributed by atoms with E-state index in [1.165, 1.54) is 12.7 Å². The van der Waals surface area contributed by atoms with Gasteiger partial charge in [0.1, 0.15) is 12.7 Å². The van der Waals surface area contributed by atoms with Crippen molar-refractivity contribution in [1.29, 1.82) is 0 Å². The van der Waals surface area contributed by atoms with Crippen LogP contribution in [0.5, 0.6) is 0 Å². The topological polar surface area (TPSA) is 155 Å². The fraction of sp³-hybridized carbons (Fsp3) is 0. The Balaban J connectivity index is 0.000000152. The average Bonchev–Trinajstić information content (AvgIpc) is 3.01. The molecule has 182 valence electrons. The first-order valence-electron chi connectivity index (χ1n) is 10.5. The molecule has 0 amide bonds. The van der Waals surface area contributed by atoms with Crippen LogP contribution in [0.2, 0.25) is 0 Å². The van der Waals surface area contributed by atoms with Crippen LogP contribution in [0.15, 0.2) is 111 Å². The summed E-state index contributed by atoms with van der Waals surface area (Å²) in [5, 5.41) is 0. The summed E-state index contributed by atoms with van der Waals surface area (Å²) in [5.41, 5.74) is 1.62. The zero-order valence-corrected chi connectivity index (χ0v) is 20.9. The van der Waals surface area contributed by atoms with E-state index in [9.17, 15) is 0 Å². The van der Waals surface area contributed by atoms with Crippen LogP contribution in [0.1, 0.15) is 0 Å². The molecule has 0 unspecified atom stereocenters. The second-order valence-corrected chi connectivity index (χ2v) is 6.48. The zero-order chi connectivity index (χ0) is 24.7. The fourth-order valence-electron chi connectivity index (χ4n) is 2.54. The Bertz CT molecular complexity index is 1110. The molecule has 0 saturated heterocycles. The molecular formula is C24H18N12Ru. The van der Waals surface area contributed by atoms with Crippen molar-refractivity contribution in [3.05, 3.63) is 111 Å². The molecule has 0 fully saturated rings. The Hall–Kier alpha value is -4.90. The smallest absolute Gasteiger partial charge is 0.197 e. The van der Waals surface area contributed by atoms with E-state index in [0.29, 0.717) is 23.3 Å². The quantitative estimate of drug-likeness (QED) is 0.285. The van der Waals surface area contributed by atoms with E-state index in [4.69, 9.17) is 0 Å². The van der Waals surface area contributed by atoms with Gasteiger partial charge in [-0.25, -0.2) is 59.8 Å². The van der Waals surface area contributed by atoms with Crippen LogP contribution in [0.25, 0.3) is 34.7 Å². The molecule has 0 bridgehead atoms. The molecule has 12 nitrogen and oxygen atoms in total. The van der Waals surface area contributed by atoms with Crippen molar-refractivity contribution in [3.63, 3.8) is 0 Å². The Morgan fingerprint density at radius 3 is 0.811 bits per heavy atom. The maximum Gasteiger partial charge on any atom is 0.197 e. The first-order chi connectivity index (χ1) is 17.9. The van der Waals surface area contributed by atoms with Crippen LogP contribution in [0.3, 0.4) is 0 Å². The Morgan fingerprint density at radius 2 is 0.595 bits per heavy atom. The normalized spacial score (nSPS) is 9.41. The van der Waals surface area contributed by atoms with E-state index in [-0.39, 0.29) is 19.5 Å². The van der Waals surface area contributed by atoms with Crippen LogP contribution < -0.4 is 0 Å². The minimum Gasteiger partial charge on any atom is -0.245 e. The molecule has 0 aliphatic rings. The van der Waals surface area contributed by atoms with Gasteiger partial charge in [-0.15, -0.1) is 0 Å². The van der Waals surface area contributed by atoms with E-state index in [1.54, 1.807) is 86.2 Å². The van der Waals surface area contributed by atoms with Crippen LogP contribution in [-0.4, -0.2) is 59.8 Å². The number of aromatic nitrogens is 12. The van der Waals surface area contributed by atoms with Gasteiger partial charge in [0.15, 0.2) is 23.3 Å². The molecule has 0 N–H and O–H groups in total. The van der Waals surface area contributed by atoms with Gasteiger partial charge in [0.05, 0.1) is 11.4 Å². The van der Waals surface area contributed by atoms with Gasteiger partial charge in [-0.2, -0.15) is 0 Å². The largest absolute Gasteiger partial charge is 0.245 e. The summed E-state index contributed by atoms with van der Waals surface area (Å²) in [6, 6.07) is 10.6. The summed E-state index contributed by atoms with van der Waals surface area (Å²) in [7, 11) is 0. The van der Waals surface area contributed by atoms with Crippen molar-refractivity contribution < 1.29 is 19.5 Å². The van der Waals surface area contributed by atoms with E-state index in [1.807, 2.05) is 12.1 Å². The predicted molar refractivity (Wildman–Crippen MR) is 129 cm³/mol. The Kier molecular flexibility index (Phi) is 10.9. The molecule has 6 aromatic rings. The minimum absolute atomic E-state index is 0. The van der Waals surface area contributed by atoms with Crippen LogP contribution in [0.4, 0.5) is 0 Å². The zero-order valence-electron chi connectivity index (χ0n) is 19.1. The van der Waals surface area contributed by atoms with Gasteiger partial charge in [-0.3, -0.25) is 0 Å². The van der Waals surface area contributed by atoms with E-state index in [2.05, 4.69) is 59.8 Å². The number of hydrogen-bond acceptors (Lipinski definition) is 12. The van der Waals surface area contributed by atoms with Gasteiger partial charge in [-0.05, 0) is 36.4 Å². The second-order valence-electron chi connectivity index (χ2n) is 6.48. The summed E-state index contributed by atoms with van der Waals surface area (Å²) in [4.78, 5) is 47.8. The monoisotopic (exact) mass is 576 g/mol. The molecule has 0 aliphatic heterocycles. The minimum atomic E-state index is 0. The van der Waals surface area contributed by atoms with Crippen LogP contribution in [0, 0.1) is 0 Å². The van der Waals surface area contributed by atoms with Crippen molar-refractivity contribution >= 4 is 0 Å². The van der Waals surface area contributed by atoms with Crippen molar-refractivity contribution in [2.45, 2.75) is 0 Å². The number of rotatable bonds is 3. The van der Waals surface area contributed by atoms with Crippen LogP contribution >= 0.6 is 0 Å². The summed E-state index contributed by atoms with van der Waals surface area (Å²) >= 11 is 0. The SMILES string of the molecule is [Ru].c1cc(-c2ccncn2)ncn1.c1cnc(-c2ncccn2)nc1.c1cnc(-c2ncccn2)nc1. The second kappa shape index (κ2) is 15.2. The van der Waals surface area contributed by atoms with Gasteiger partial charge < -0.3 is 0 Å². The molecule has 6 heterocycles. The summed E-state index contributed by atoms with van der Waals surface area (Å²) in [6.45, 7) is 0. The first-order valence-corrected chi connectivity index (χ1v) is 10.5. The maximum absolute atomic E-state index is 4.05. The summed E-state index contributed by atoms with van der Waals surface area (Å²) in [5.74, 6) is 2.22. The predicted octanol–water partition coefficient (Wildman–Crippen LogP) is 2.80. The molecule has 13 heteroatoms. The molecule has 0 radical (unpaired) electrons. The van der Waals surface area contributed by atoms with Crippen molar-refractivity contribution in [2.24, 2.45) is 0 Å². The molecule has 0 atom stereocenters. The molecule has 0 aliphatic carbocycles. The molecule has 6 aromatic heterocycles. The van der Waals surface area contributed by atoms with Crippen molar-refractivity contribution in [3.8, 4) is 34.7 Å². The fourth-order valence-corrected chi connectivity index (χ4v) is 2.54. The molecule has 0 aromatic carbocycles. The van der Waals surface area contributed by atoms with Crippen molar-refractivity contribution in [1.82, 2.24) is 59.8 Å². The Morgan fingerprint density at radius 1 is 0.324 bits per heavy atom. The van der Waals surface area contributed by atoms with Gasteiger partial charge in [0.2, 0.25) is 0 Å². The molecular weight excluding hydrogens is 557 g/mol. The van der Waals surface area contributed by atoms with Crippen LogP contribution in [-0.2, 0) is 19.5 Å². The summed E-state index contributed by atoms with van der Waals surface area (Å²) < 4.78 is 0. The third-order valence-corrected chi connectivity index (χ3v) is 4.09. The standard InChI is InChI=1S/3C8H6N4.Ru/c1-3-9-5-11-7(1)8-2-4-10-6-12-8;2*1-3-9-7(10-4-1)8-11-5-2-6-12-8;/h3*1-6H;. The molecule has 0 saturated carbocycles. The van der Waals surface area contributed by atoms with Crippen molar-refractivity contribution in [2.75, 3.05) is 0 Å². The van der Waals surface area contributed by atoms with E-state index < -0.39 is 0 Å².